The van der Waals surface area contributed by atoms with Gasteiger partial charge in [-0.3, -0.25) is 4.79 Å². The van der Waals surface area contributed by atoms with Gasteiger partial charge in [-0.15, -0.1) is 0 Å². The van der Waals surface area contributed by atoms with Gasteiger partial charge in [-0.2, -0.15) is 0 Å². The van der Waals surface area contributed by atoms with Crippen LogP contribution in [0.3, 0.4) is 0 Å². The average molecular weight is 291 g/mol. The van der Waals surface area contributed by atoms with Crippen LogP contribution in [0, 0.1) is 0 Å². The average Bonchev–Trinajstić information content (AvgIpc) is 2.29. The molecule has 1 aromatic rings. The van der Waals surface area contributed by atoms with Crippen LogP contribution in [0.25, 0.3) is 0 Å². The van der Waals surface area contributed by atoms with E-state index in [9.17, 15) is 13.2 Å². The summed E-state index contributed by atoms with van der Waals surface area (Å²) in [5.74, 6) is 0.214. The topological polar surface area (TPSA) is 60.4 Å². The predicted octanol–water partition coefficient (Wildman–Crippen LogP) is 2.35. The zero-order valence-corrected chi connectivity index (χ0v) is 11.8. The van der Waals surface area contributed by atoms with Crippen LogP contribution in [0.5, 0.6) is 5.75 Å². The van der Waals surface area contributed by atoms with E-state index in [4.69, 9.17) is 16.3 Å². The van der Waals surface area contributed by atoms with E-state index >= 15 is 0 Å². The van der Waals surface area contributed by atoms with Gasteiger partial charge >= 0.3 is 0 Å². The second-order valence-electron chi connectivity index (χ2n) is 4.03. The fourth-order valence-electron chi connectivity index (χ4n) is 1.26. The number of hydrogen-bond acceptors (Lipinski definition) is 4. The molecule has 0 saturated heterocycles. The highest BCUT2D eigenvalue weighted by Gasteiger charge is 2.16. The lowest BCUT2D eigenvalue weighted by molar-refractivity contribution is 0.112. The lowest BCUT2D eigenvalue weighted by Gasteiger charge is -2.11. The van der Waals surface area contributed by atoms with Gasteiger partial charge in [-0.25, -0.2) is 8.42 Å². The van der Waals surface area contributed by atoms with Crippen molar-refractivity contribution < 1.29 is 17.9 Å². The highest BCUT2D eigenvalue weighted by atomic mass is 35.5. The van der Waals surface area contributed by atoms with Crippen LogP contribution < -0.4 is 4.74 Å². The first-order chi connectivity index (χ1) is 8.38. The minimum atomic E-state index is -3.14. The summed E-state index contributed by atoms with van der Waals surface area (Å²) >= 11 is 5.82. The molecule has 0 aliphatic heterocycles. The van der Waals surface area contributed by atoms with Gasteiger partial charge in [-0.05, 0) is 26.0 Å². The summed E-state index contributed by atoms with van der Waals surface area (Å²) in [7, 11) is -3.14. The monoisotopic (exact) mass is 290 g/mol. The smallest absolute Gasteiger partial charge is 0.155 e. The Hall–Kier alpha value is -1.07. The molecule has 18 heavy (non-hydrogen) atoms. The van der Waals surface area contributed by atoms with Crippen LogP contribution >= 0.6 is 11.6 Å². The van der Waals surface area contributed by atoms with Crippen molar-refractivity contribution in [3.05, 3.63) is 28.8 Å². The van der Waals surface area contributed by atoms with E-state index in [1.807, 2.05) is 0 Å². The van der Waals surface area contributed by atoms with Crippen molar-refractivity contribution in [1.82, 2.24) is 0 Å². The number of aldehydes is 1. The van der Waals surface area contributed by atoms with Gasteiger partial charge < -0.3 is 4.74 Å². The zero-order valence-electron chi connectivity index (χ0n) is 10.2. The molecule has 0 unspecified atom stereocenters. The third-order valence-electron chi connectivity index (χ3n) is 2.47. The third-order valence-corrected chi connectivity index (χ3v) is 4.98. The molecule has 0 aliphatic carbocycles. The van der Waals surface area contributed by atoms with Crippen molar-refractivity contribution >= 4 is 27.7 Å². The largest absolute Gasteiger partial charge is 0.492 e. The second kappa shape index (κ2) is 6.20. The first-order valence-corrected chi connectivity index (χ1v) is 7.56. The summed E-state index contributed by atoms with van der Waals surface area (Å²) in [4.78, 5) is 10.8. The molecule has 0 radical (unpaired) electrons. The molecule has 0 bridgehead atoms. The van der Waals surface area contributed by atoms with Gasteiger partial charge in [-0.1, -0.05) is 17.7 Å². The molecule has 0 spiro atoms. The quantitative estimate of drug-likeness (QED) is 0.755. The van der Waals surface area contributed by atoms with Crippen LogP contribution in [-0.2, 0) is 9.84 Å². The van der Waals surface area contributed by atoms with E-state index < -0.39 is 15.1 Å². The molecule has 0 aromatic heterocycles. The Morgan fingerprint density at radius 3 is 2.61 bits per heavy atom. The first-order valence-electron chi connectivity index (χ1n) is 5.46. The highest BCUT2D eigenvalue weighted by Crippen LogP contribution is 2.24. The Bertz CT molecular complexity index is 523. The van der Waals surface area contributed by atoms with Gasteiger partial charge in [0.1, 0.15) is 12.4 Å². The molecule has 4 nitrogen and oxygen atoms in total. The molecule has 0 heterocycles. The number of carbonyl (C=O) groups excluding carboxylic acids is 1. The molecular formula is C12H15ClO4S. The number of rotatable bonds is 6. The van der Waals surface area contributed by atoms with E-state index in [2.05, 4.69) is 0 Å². The van der Waals surface area contributed by atoms with Crippen LogP contribution in [-0.4, -0.2) is 32.3 Å². The molecule has 1 rings (SSSR count). The summed E-state index contributed by atoms with van der Waals surface area (Å²) in [5.41, 5.74) is 0.237. The number of sulfone groups is 1. The molecule has 100 valence electrons. The van der Waals surface area contributed by atoms with E-state index in [1.54, 1.807) is 32.0 Å². The number of halogens is 1. The van der Waals surface area contributed by atoms with Crippen LogP contribution in [0.4, 0.5) is 0 Å². The molecule has 0 N–H and O–H groups in total. The number of hydrogen-bond donors (Lipinski definition) is 0. The Balaban J connectivity index is 2.71. The molecule has 1 aromatic carbocycles. The lowest BCUT2D eigenvalue weighted by atomic mass is 10.2. The SMILES string of the molecule is CC(C)S(=O)(=O)CCOc1cccc(Cl)c1C=O. The number of carbonyl (C=O) groups is 1. The maximum Gasteiger partial charge on any atom is 0.155 e. The van der Waals surface area contributed by atoms with Crippen molar-refractivity contribution in [3.8, 4) is 5.75 Å². The molecule has 0 atom stereocenters. The maximum atomic E-state index is 11.6. The third kappa shape index (κ3) is 3.71. The molecule has 0 aliphatic rings. The van der Waals surface area contributed by atoms with Crippen molar-refractivity contribution in [3.63, 3.8) is 0 Å². The van der Waals surface area contributed by atoms with E-state index in [-0.39, 0.29) is 22.9 Å². The Kier molecular flexibility index (Phi) is 5.16. The maximum absolute atomic E-state index is 11.6. The number of benzene rings is 1. The first kappa shape index (κ1) is 15.0. The molecule has 0 fully saturated rings. The van der Waals surface area contributed by atoms with E-state index in [0.717, 1.165) is 0 Å². The molecule has 0 saturated carbocycles. The van der Waals surface area contributed by atoms with Gasteiger partial charge in [0.15, 0.2) is 16.1 Å². The van der Waals surface area contributed by atoms with Gasteiger partial charge in [0, 0.05) is 0 Å². The van der Waals surface area contributed by atoms with Crippen LogP contribution in [0.15, 0.2) is 18.2 Å². The van der Waals surface area contributed by atoms with E-state index in [0.29, 0.717) is 12.0 Å². The van der Waals surface area contributed by atoms with Gasteiger partial charge in [0.2, 0.25) is 0 Å². The van der Waals surface area contributed by atoms with Crippen molar-refractivity contribution in [2.45, 2.75) is 19.1 Å². The summed E-state index contributed by atoms with van der Waals surface area (Å²) in [6, 6.07) is 4.79. The minimum absolute atomic E-state index is 0.00168. The van der Waals surface area contributed by atoms with Crippen molar-refractivity contribution in [2.75, 3.05) is 12.4 Å². The summed E-state index contributed by atoms with van der Waals surface area (Å²) in [5, 5.41) is -0.153. The standard InChI is InChI=1S/C12H15ClO4S/c1-9(2)18(15,16)7-6-17-12-5-3-4-11(13)10(12)8-14/h3-5,8-9H,6-7H2,1-2H3. The Morgan fingerprint density at radius 1 is 1.39 bits per heavy atom. The summed E-state index contributed by atoms with van der Waals surface area (Å²) < 4.78 is 28.4. The zero-order chi connectivity index (χ0) is 13.8. The van der Waals surface area contributed by atoms with Gasteiger partial charge in [0.25, 0.3) is 0 Å². The summed E-state index contributed by atoms with van der Waals surface area (Å²) in [6.45, 7) is 3.23. The van der Waals surface area contributed by atoms with Gasteiger partial charge in [0.05, 0.1) is 21.6 Å². The Labute approximate surface area is 112 Å². The molecular weight excluding hydrogens is 276 g/mol. The molecule has 6 heteroatoms. The summed E-state index contributed by atoms with van der Waals surface area (Å²) in [6.07, 6.45) is 0.592. The van der Waals surface area contributed by atoms with Crippen molar-refractivity contribution in [1.29, 1.82) is 0 Å². The lowest BCUT2D eigenvalue weighted by Crippen LogP contribution is -2.22. The fraction of sp³-hybridized carbons (Fsp3) is 0.417. The minimum Gasteiger partial charge on any atom is -0.492 e. The number of ether oxygens (including phenoxy) is 1. The predicted molar refractivity (Wildman–Crippen MR) is 71.3 cm³/mol. The Morgan fingerprint density at radius 2 is 2.06 bits per heavy atom. The highest BCUT2D eigenvalue weighted by molar-refractivity contribution is 7.91. The normalized spacial score (nSPS) is 11.6. The second-order valence-corrected chi connectivity index (χ2v) is 7.12. The van der Waals surface area contributed by atoms with Crippen LogP contribution in [0.1, 0.15) is 24.2 Å². The fourth-order valence-corrected chi connectivity index (χ4v) is 2.26. The van der Waals surface area contributed by atoms with E-state index in [1.165, 1.54) is 0 Å². The molecule has 0 amide bonds. The van der Waals surface area contributed by atoms with Crippen molar-refractivity contribution in [2.24, 2.45) is 0 Å². The van der Waals surface area contributed by atoms with Crippen LogP contribution in [0.2, 0.25) is 5.02 Å².